The van der Waals surface area contributed by atoms with Crippen molar-refractivity contribution in [2.24, 2.45) is 0 Å². The van der Waals surface area contributed by atoms with Gasteiger partial charge in [-0.3, -0.25) is 0 Å². The Hall–Kier alpha value is -7.90. The maximum absolute atomic E-state index is 13.4. The SMILES string of the molecule is CCc1ccc(-c2nc(N(CCNc3ccc(C(F)(F)F)cn3)N(CCNc3ccc(C(F)(F)F)cn3)c3ncc(-c4ncc[nH]4)c(-c4ccc(CC)cc4)n3)ncc2-c2ncc[nH]2)cc1. The van der Waals surface area contributed by atoms with Crippen LogP contribution in [0, 0.1) is 0 Å². The molecule has 0 saturated carbocycles. The second kappa shape index (κ2) is 19.5. The summed E-state index contributed by atoms with van der Waals surface area (Å²) in [5.41, 5.74) is 4.29. The van der Waals surface area contributed by atoms with Crippen molar-refractivity contribution in [2.45, 2.75) is 39.0 Å². The molecule has 0 atom stereocenters. The van der Waals surface area contributed by atoms with Gasteiger partial charge in [0, 0.05) is 73.8 Å². The van der Waals surface area contributed by atoms with E-state index in [1.165, 1.54) is 12.1 Å². The number of anilines is 4. The zero-order valence-corrected chi connectivity index (χ0v) is 35.5. The van der Waals surface area contributed by atoms with Gasteiger partial charge in [0.05, 0.1) is 46.7 Å². The summed E-state index contributed by atoms with van der Waals surface area (Å²) in [6.45, 7) is 4.46. The average molecular weight is 905 g/mol. The highest BCUT2D eigenvalue weighted by atomic mass is 19.4. The minimum Gasteiger partial charge on any atom is -0.368 e. The molecule has 0 bridgehead atoms. The number of nitrogens with one attached hydrogen (secondary N) is 4. The predicted molar refractivity (Wildman–Crippen MR) is 239 cm³/mol. The molecule has 2 aromatic carbocycles. The number of nitrogens with zero attached hydrogens (tertiary/aromatic N) is 10. The van der Waals surface area contributed by atoms with Crippen LogP contribution in [0.1, 0.15) is 36.1 Å². The summed E-state index contributed by atoms with van der Waals surface area (Å²) in [5, 5.41) is 9.66. The Balaban J connectivity index is 1.25. The van der Waals surface area contributed by atoms with Crippen LogP contribution in [0.3, 0.4) is 0 Å². The molecule has 0 spiro atoms. The van der Waals surface area contributed by atoms with Crippen LogP contribution in [0.25, 0.3) is 45.3 Å². The fraction of sp³-hybridized carbons (Fsp3) is 0.217. The van der Waals surface area contributed by atoms with Gasteiger partial charge in [-0.2, -0.15) is 26.3 Å². The summed E-state index contributed by atoms with van der Waals surface area (Å²) < 4.78 is 80.5. The molecular weight excluding hydrogens is 863 g/mol. The summed E-state index contributed by atoms with van der Waals surface area (Å²) >= 11 is 0. The number of aromatic nitrogens is 10. The molecule has 8 aromatic rings. The van der Waals surface area contributed by atoms with Crippen molar-refractivity contribution < 1.29 is 26.3 Å². The van der Waals surface area contributed by atoms with Crippen molar-refractivity contribution in [2.75, 3.05) is 46.8 Å². The summed E-state index contributed by atoms with van der Waals surface area (Å²) in [6.07, 6.45) is 3.94. The van der Waals surface area contributed by atoms with E-state index >= 15 is 0 Å². The van der Waals surface area contributed by atoms with Crippen LogP contribution in [0.5, 0.6) is 0 Å². The lowest BCUT2D eigenvalue weighted by atomic mass is 10.0. The van der Waals surface area contributed by atoms with Crippen LogP contribution in [0.4, 0.5) is 49.9 Å². The van der Waals surface area contributed by atoms with Crippen LogP contribution in [0.2, 0.25) is 0 Å². The molecule has 0 fully saturated rings. The van der Waals surface area contributed by atoms with Gasteiger partial charge in [-0.1, -0.05) is 62.4 Å². The molecule has 0 saturated heterocycles. The van der Waals surface area contributed by atoms with Gasteiger partial charge in [-0.15, -0.1) is 0 Å². The van der Waals surface area contributed by atoms with E-state index < -0.39 is 23.5 Å². The van der Waals surface area contributed by atoms with Crippen molar-refractivity contribution >= 4 is 23.5 Å². The van der Waals surface area contributed by atoms with Gasteiger partial charge in [0.25, 0.3) is 0 Å². The minimum absolute atomic E-state index is 0.0688. The number of aryl methyl sites for hydroxylation is 2. The first-order valence-electron chi connectivity index (χ1n) is 20.9. The fourth-order valence-corrected chi connectivity index (χ4v) is 6.97. The molecule has 338 valence electrons. The first-order chi connectivity index (χ1) is 31.9. The summed E-state index contributed by atoms with van der Waals surface area (Å²) in [5.74, 6) is 1.79. The monoisotopic (exact) mass is 904 g/mol. The normalized spacial score (nSPS) is 11.7. The highest BCUT2D eigenvalue weighted by Gasteiger charge is 2.32. The van der Waals surface area contributed by atoms with Gasteiger partial charge in [0.2, 0.25) is 11.9 Å². The maximum atomic E-state index is 13.4. The fourth-order valence-electron chi connectivity index (χ4n) is 6.97. The number of rotatable bonds is 17. The van der Waals surface area contributed by atoms with Crippen LogP contribution >= 0.6 is 0 Å². The van der Waals surface area contributed by atoms with E-state index in [1.807, 2.05) is 48.5 Å². The van der Waals surface area contributed by atoms with Gasteiger partial charge >= 0.3 is 12.4 Å². The zero-order chi connectivity index (χ0) is 46.3. The number of H-pyrrole nitrogens is 2. The number of alkyl halides is 6. The molecule has 66 heavy (non-hydrogen) atoms. The molecule has 4 N–H and O–H groups in total. The lowest BCUT2D eigenvalue weighted by Gasteiger charge is -2.35. The van der Waals surface area contributed by atoms with E-state index in [-0.39, 0.29) is 49.7 Å². The Morgan fingerprint density at radius 2 is 0.909 bits per heavy atom. The van der Waals surface area contributed by atoms with Crippen molar-refractivity contribution in [3.63, 3.8) is 0 Å². The van der Waals surface area contributed by atoms with E-state index in [0.717, 1.165) is 59.6 Å². The van der Waals surface area contributed by atoms with Gasteiger partial charge < -0.3 is 20.6 Å². The third-order valence-corrected chi connectivity index (χ3v) is 10.5. The summed E-state index contributed by atoms with van der Waals surface area (Å²) in [7, 11) is 0. The Morgan fingerprint density at radius 3 is 1.23 bits per heavy atom. The molecular formula is C46H42F6N14. The molecule has 8 rings (SSSR count). The Kier molecular flexibility index (Phi) is 13.2. The lowest BCUT2D eigenvalue weighted by Crippen LogP contribution is -2.49. The van der Waals surface area contributed by atoms with Gasteiger partial charge in [0.15, 0.2) is 0 Å². The van der Waals surface area contributed by atoms with Gasteiger partial charge in [0.1, 0.15) is 23.3 Å². The molecule has 0 amide bonds. The zero-order valence-electron chi connectivity index (χ0n) is 35.5. The van der Waals surface area contributed by atoms with E-state index in [0.29, 0.717) is 34.2 Å². The highest BCUT2D eigenvalue weighted by Crippen LogP contribution is 2.34. The lowest BCUT2D eigenvalue weighted by molar-refractivity contribution is -0.138. The third-order valence-electron chi connectivity index (χ3n) is 10.5. The van der Waals surface area contributed by atoms with Crippen molar-refractivity contribution in [3.8, 4) is 45.3 Å². The van der Waals surface area contributed by atoms with Crippen molar-refractivity contribution in [1.82, 2.24) is 49.8 Å². The number of hydrogen-bond acceptors (Lipinski definition) is 12. The number of hydrogen-bond donors (Lipinski definition) is 4. The number of halogens is 6. The Labute approximate surface area is 374 Å². The van der Waals surface area contributed by atoms with Crippen LogP contribution in [-0.4, -0.2) is 76.0 Å². The largest absolute Gasteiger partial charge is 0.417 e. The molecule has 0 radical (unpaired) electrons. The molecule has 6 heterocycles. The smallest absolute Gasteiger partial charge is 0.368 e. The topological polar surface area (TPSA) is 165 Å². The van der Waals surface area contributed by atoms with Crippen LogP contribution < -0.4 is 20.7 Å². The molecule has 6 aromatic heterocycles. The summed E-state index contributed by atoms with van der Waals surface area (Å²) in [6, 6.07) is 20.3. The number of pyridine rings is 2. The average Bonchev–Trinajstić information content (AvgIpc) is 4.08. The number of hydrazine groups is 1. The third kappa shape index (κ3) is 10.4. The first-order valence-corrected chi connectivity index (χ1v) is 20.9. The molecule has 0 aliphatic rings. The van der Waals surface area contributed by atoms with Crippen LogP contribution in [0.15, 0.2) is 122 Å². The number of benzene rings is 2. The summed E-state index contributed by atoms with van der Waals surface area (Å²) in [4.78, 5) is 43.3. The molecule has 0 aliphatic heterocycles. The minimum atomic E-state index is -4.57. The van der Waals surface area contributed by atoms with Crippen molar-refractivity contribution in [1.29, 1.82) is 0 Å². The van der Waals surface area contributed by atoms with Gasteiger partial charge in [-0.05, 0) is 48.2 Å². The van der Waals surface area contributed by atoms with E-state index in [2.05, 4.69) is 54.4 Å². The number of aromatic amines is 2. The van der Waals surface area contributed by atoms with Crippen molar-refractivity contribution in [3.05, 3.63) is 145 Å². The van der Waals surface area contributed by atoms with E-state index in [1.54, 1.807) is 47.2 Å². The van der Waals surface area contributed by atoms with E-state index in [9.17, 15) is 26.3 Å². The molecule has 20 heteroatoms. The molecule has 14 nitrogen and oxygen atoms in total. The second-order valence-electron chi connectivity index (χ2n) is 14.8. The van der Waals surface area contributed by atoms with Gasteiger partial charge in [-0.25, -0.2) is 49.9 Å². The highest BCUT2D eigenvalue weighted by molar-refractivity contribution is 5.79. The van der Waals surface area contributed by atoms with E-state index in [4.69, 9.17) is 19.9 Å². The molecule has 0 unspecified atom stereocenters. The standard InChI is InChI=1S/C46H42F6N14/c1-3-29-5-9-31(10-6-29)39-35(41-55-17-18-56-41)27-61-43(63-39)65(23-21-53-37-15-13-33(25-59-37)45(47,48)49)66(24-22-54-38-16-14-34(26-60-38)46(50,51)52)44-62-28-36(42-57-19-20-58-42)40(64-44)32-11-7-30(4-2)8-12-32/h5-20,25-28H,3-4,21-24H2,1-2H3,(H,53,59)(H,54,60)(H,55,56)(H,57,58). The first kappa shape index (κ1) is 44.7. The molecule has 0 aliphatic carbocycles. The van der Waals surface area contributed by atoms with Crippen LogP contribution in [-0.2, 0) is 25.2 Å². The number of imidazole rings is 2. The second-order valence-corrected chi connectivity index (χ2v) is 14.8. The maximum Gasteiger partial charge on any atom is 0.417 e. The predicted octanol–water partition coefficient (Wildman–Crippen LogP) is 9.79. The Morgan fingerprint density at radius 1 is 0.500 bits per heavy atom. The Bertz CT molecular complexity index is 2600. The quantitative estimate of drug-likeness (QED) is 0.0506.